The fourth-order valence-corrected chi connectivity index (χ4v) is 2.79. The second-order valence-electron chi connectivity index (χ2n) is 4.47. The van der Waals surface area contributed by atoms with Crippen LogP contribution in [0.1, 0.15) is 0 Å². The molecule has 2 aromatic heterocycles. The Bertz CT molecular complexity index is 874. The Morgan fingerprint density at radius 2 is 1.84 bits per heavy atom. The molecule has 2 aromatic carbocycles. The van der Waals surface area contributed by atoms with Gasteiger partial charge in [0.25, 0.3) is 0 Å². The molecule has 0 fully saturated rings. The monoisotopic (exact) mass is 311 g/mol. The Balaban J connectivity index is 2.12. The van der Waals surface area contributed by atoms with E-state index in [4.69, 9.17) is 0 Å². The lowest BCUT2D eigenvalue weighted by molar-refractivity contribution is 0.913. The van der Waals surface area contributed by atoms with Gasteiger partial charge in [-0.15, -0.1) is 0 Å². The van der Waals surface area contributed by atoms with Crippen molar-refractivity contribution in [1.29, 1.82) is 0 Å². The lowest BCUT2D eigenvalue weighted by Gasteiger charge is -2.02. The lowest BCUT2D eigenvalue weighted by Crippen LogP contribution is -1.94. The SMILES string of the molecule is Brc1ccc2[nH]c3cnn(-c4ccccc4)c3c2c1. The minimum Gasteiger partial charge on any atom is -0.352 e. The third kappa shape index (κ3) is 1.60. The predicted octanol–water partition coefficient (Wildman–Crippen LogP) is 4.27. The molecule has 92 valence electrons. The van der Waals surface area contributed by atoms with Crippen LogP contribution in [0.4, 0.5) is 0 Å². The quantitative estimate of drug-likeness (QED) is 0.559. The van der Waals surface area contributed by atoms with E-state index in [1.54, 1.807) is 0 Å². The van der Waals surface area contributed by atoms with Gasteiger partial charge < -0.3 is 4.98 Å². The summed E-state index contributed by atoms with van der Waals surface area (Å²) in [5, 5.41) is 5.65. The fraction of sp³-hybridized carbons (Fsp3) is 0. The average Bonchev–Trinajstić information content (AvgIpc) is 2.99. The van der Waals surface area contributed by atoms with Crippen molar-refractivity contribution in [2.24, 2.45) is 0 Å². The number of halogens is 1. The second-order valence-corrected chi connectivity index (χ2v) is 5.38. The van der Waals surface area contributed by atoms with E-state index in [-0.39, 0.29) is 0 Å². The van der Waals surface area contributed by atoms with Crippen molar-refractivity contribution in [1.82, 2.24) is 14.8 Å². The summed E-state index contributed by atoms with van der Waals surface area (Å²) >= 11 is 3.53. The first-order chi connectivity index (χ1) is 9.33. The second kappa shape index (κ2) is 3.96. The van der Waals surface area contributed by atoms with Crippen LogP contribution in [-0.2, 0) is 0 Å². The number of nitrogens with one attached hydrogen (secondary N) is 1. The van der Waals surface area contributed by atoms with Crippen molar-refractivity contribution in [2.75, 3.05) is 0 Å². The Morgan fingerprint density at radius 1 is 1.00 bits per heavy atom. The van der Waals surface area contributed by atoms with Crippen molar-refractivity contribution in [3.05, 3.63) is 59.2 Å². The third-order valence-corrected chi connectivity index (χ3v) is 3.77. The van der Waals surface area contributed by atoms with E-state index in [1.165, 1.54) is 5.39 Å². The zero-order chi connectivity index (χ0) is 12.8. The first kappa shape index (κ1) is 10.8. The molecular formula is C15H10BrN3. The van der Waals surface area contributed by atoms with E-state index in [1.807, 2.05) is 35.1 Å². The zero-order valence-corrected chi connectivity index (χ0v) is 11.6. The van der Waals surface area contributed by atoms with Crippen molar-refractivity contribution >= 4 is 37.9 Å². The van der Waals surface area contributed by atoms with Gasteiger partial charge in [0.05, 0.1) is 22.9 Å². The smallest absolute Gasteiger partial charge is 0.0997 e. The highest BCUT2D eigenvalue weighted by Crippen LogP contribution is 2.29. The molecule has 0 saturated heterocycles. The minimum absolute atomic E-state index is 1.05. The zero-order valence-electron chi connectivity index (χ0n) is 9.97. The number of para-hydroxylation sites is 1. The molecule has 4 heteroatoms. The number of aromatic amines is 1. The molecule has 0 saturated carbocycles. The van der Waals surface area contributed by atoms with Crippen LogP contribution in [0.15, 0.2) is 59.2 Å². The summed E-state index contributed by atoms with van der Waals surface area (Å²) in [4.78, 5) is 3.39. The normalized spacial score (nSPS) is 11.4. The molecule has 0 radical (unpaired) electrons. The summed E-state index contributed by atoms with van der Waals surface area (Å²) in [7, 11) is 0. The van der Waals surface area contributed by atoms with Gasteiger partial charge in [0.15, 0.2) is 0 Å². The largest absolute Gasteiger partial charge is 0.352 e. The lowest BCUT2D eigenvalue weighted by atomic mass is 10.2. The molecule has 3 nitrogen and oxygen atoms in total. The Kier molecular flexibility index (Phi) is 2.26. The van der Waals surface area contributed by atoms with Gasteiger partial charge >= 0.3 is 0 Å². The van der Waals surface area contributed by atoms with Crippen molar-refractivity contribution in [3.63, 3.8) is 0 Å². The first-order valence-electron chi connectivity index (χ1n) is 6.03. The maximum atomic E-state index is 4.48. The highest BCUT2D eigenvalue weighted by atomic mass is 79.9. The molecule has 4 rings (SSSR count). The maximum absolute atomic E-state index is 4.48. The van der Waals surface area contributed by atoms with E-state index in [0.29, 0.717) is 0 Å². The average molecular weight is 312 g/mol. The molecule has 0 aliphatic carbocycles. The Morgan fingerprint density at radius 3 is 2.68 bits per heavy atom. The van der Waals surface area contributed by atoms with Gasteiger partial charge in [-0.3, -0.25) is 0 Å². The summed E-state index contributed by atoms with van der Waals surface area (Å²) in [5.41, 5.74) is 4.36. The number of rotatable bonds is 1. The van der Waals surface area contributed by atoms with Crippen molar-refractivity contribution in [2.45, 2.75) is 0 Å². The topological polar surface area (TPSA) is 33.6 Å². The number of hydrogen-bond acceptors (Lipinski definition) is 1. The van der Waals surface area contributed by atoms with Gasteiger partial charge in [0, 0.05) is 15.4 Å². The standard InChI is InChI=1S/C15H10BrN3/c16-10-6-7-13-12(8-10)15-14(18-13)9-17-19(15)11-4-2-1-3-5-11/h1-9,18H. The molecule has 0 aliphatic heterocycles. The summed E-state index contributed by atoms with van der Waals surface area (Å²) in [5.74, 6) is 0. The van der Waals surface area contributed by atoms with E-state index >= 15 is 0 Å². The van der Waals surface area contributed by atoms with Gasteiger partial charge in [-0.05, 0) is 30.3 Å². The van der Waals surface area contributed by atoms with E-state index in [9.17, 15) is 0 Å². The first-order valence-corrected chi connectivity index (χ1v) is 6.82. The number of nitrogens with zero attached hydrogens (tertiary/aromatic N) is 2. The van der Waals surface area contributed by atoms with Crippen LogP contribution in [0, 0.1) is 0 Å². The van der Waals surface area contributed by atoms with Gasteiger partial charge in [0.2, 0.25) is 0 Å². The van der Waals surface area contributed by atoms with Crippen LogP contribution < -0.4 is 0 Å². The van der Waals surface area contributed by atoms with Crippen molar-refractivity contribution < 1.29 is 0 Å². The summed E-state index contributed by atoms with van der Waals surface area (Å²) in [6.45, 7) is 0. The van der Waals surface area contributed by atoms with E-state index in [0.717, 1.165) is 26.7 Å². The van der Waals surface area contributed by atoms with Crippen LogP contribution in [0.3, 0.4) is 0 Å². The van der Waals surface area contributed by atoms with Gasteiger partial charge in [0.1, 0.15) is 0 Å². The Hall–Kier alpha value is -2.07. The highest BCUT2D eigenvalue weighted by Gasteiger charge is 2.11. The predicted molar refractivity (Wildman–Crippen MR) is 80.6 cm³/mol. The molecule has 0 atom stereocenters. The molecule has 19 heavy (non-hydrogen) atoms. The molecular weight excluding hydrogens is 302 g/mol. The number of hydrogen-bond donors (Lipinski definition) is 1. The maximum Gasteiger partial charge on any atom is 0.0997 e. The molecule has 0 bridgehead atoms. The summed E-state index contributed by atoms with van der Waals surface area (Å²) in [6.07, 6.45) is 1.87. The third-order valence-electron chi connectivity index (χ3n) is 3.28. The highest BCUT2D eigenvalue weighted by molar-refractivity contribution is 9.10. The van der Waals surface area contributed by atoms with Gasteiger partial charge in [-0.1, -0.05) is 34.1 Å². The number of benzene rings is 2. The minimum atomic E-state index is 1.05. The molecule has 4 aromatic rings. The van der Waals surface area contributed by atoms with Crippen LogP contribution in [0.2, 0.25) is 0 Å². The van der Waals surface area contributed by atoms with Crippen LogP contribution in [0.5, 0.6) is 0 Å². The van der Waals surface area contributed by atoms with Gasteiger partial charge in [-0.2, -0.15) is 5.10 Å². The van der Waals surface area contributed by atoms with Crippen LogP contribution >= 0.6 is 15.9 Å². The summed E-state index contributed by atoms with van der Waals surface area (Å²) in [6, 6.07) is 16.4. The van der Waals surface area contributed by atoms with Crippen LogP contribution in [0.25, 0.3) is 27.6 Å². The van der Waals surface area contributed by atoms with Crippen LogP contribution in [-0.4, -0.2) is 14.8 Å². The molecule has 0 unspecified atom stereocenters. The number of H-pyrrole nitrogens is 1. The van der Waals surface area contributed by atoms with Gasteiger partial charge in [-0.25, -0.2) is 4.68 Å². The van der Waals surface area contributed by atoms with E-state index < -0.39 is 0 Å². The Labute approximate surface area is 118 Å². The molecule has 2 heterocycles. The van der Waals surface area contributed by atoms with Crippen molar-refractivity contribution in [3.8, 4) is 5.69 Å². The number of fused-ring (bicyclic) bond motifs is 3. The fourth-order valence-electron chi connectivity index (χ4n) is 2.43. The number of aromatic nitrogens is 3. The molecule has 0 aliphatic rings. The van der Waals surface area contributed by atoms with E-state index in [2.05, 4.69) is 50.3 Å². The molecule has 0 spiro atoms. The molecule has 0 amide bonds. The molecule has 1 N–H and O–H groups in total. The summed E-state index contributed by atoms with van der Waals surface area (Å²) < 4.78 is 3.04.